The molecular weight excluding hydrogens is 260 g/mol. The van der Waals surface area contributed by atoms with Gasteiger partial charge in [0.15, 0.2) is 0 Å². The van der Waals surface area contributed by atoms with Gasteiger partial charge in [-0.15, -0.1) is 0 Å². The molecule has 1 N–H and O–H groups in total. The van der Waals surface area contributed by atoms with E-state index in [0.29, 0.717) is 17.8 Å². The maximum absolute atomic E-state index is 6.17. The number of pyridine rings is 1. The first-order valence-electron chi connectivity index (χ1n) is 7.33. The van der Waals surface area contributed by atoms with Gasteiger partial charge >= 0.3 is 0 Å². The van der Waals surface area contributed by atoms with Gasteiger partial charge in [-0.1, -0.05) is 24.4 Å². The molecule has 4 heteroatoms. The number of ether oxygens (including phenoxy) is 1. The number of nitrogens with zero attached hydrogens (tertiary/aromatic N) is 1. The lowest BCUT2D eigenvalue weighted by Crippen LogP contribution is -2.17. The first-order chi connectivity index (χ1) is 9.31. The smallest absolute Gasteiger partial charge is 0.213 e. The molecule has 1 aromatic rings. The molecule has 0 bridgehead atoms. The summed E-state index contributed by atoms with van der Waals surface area (Å²) in [5.41, 5.74) is 0.900. The average molecular weight is 281 g/mol. The van der Waals surface area contributed by atoms with Crippen LogP contribution in [-0.4, -0.2) is 17.6 Å². The Hall–Kier alpha value is -0.800. The third-order valence-corrected chi connectivity index (χ3v) is 4.31. The van der Waals surface area contributed by atoms with Gasteiger partial charge in [0.1, 0.15) is 0 Å². The van der Waals surface area contributed by atoms with E-state index >= 15 is 0 Å². The van der Waals surface area contributed by atoms with E-state index in [9.17, 15) is 0 Å². The van der Waals surface area contributed by atoms with Crippen LogP contribution in [0, 0.1) is 5.92 Å². The monoisotopic (exact) mass is 280 g/mol. The molecule has 2 aliphatic carbocycles. The summed E-state index contributed by atoms with van der Waals surface area (Å²) in [6.07, 6.45) is 7.83. The molecule has 2 fully saturated rings. The van der Waals surface area contributed by atoms with Crippen LogP contribution in [0.2, 0.25) is 5.02 Å². The van der Waals surface area contributed by atoms with Crippen LogP contribution in [0.3, 0.4) is 0 Å². The molecule has 104 valence electrons. The SMILES string of the molecule is Clc1ccc(OCC2CCCC2)nc1CNC1CC1. The van der Waals surface area contributed by atoms with E-state index in [-0.39, 0.29) is 0 Å². The fourth-order valence-corrected chi connectivity index (χ4v) is 2.75. The largest absolute Gasteiger partial charge is 0.477 e. The molecule has 1 aromatic heterocycles. The van der Waals surface area contributed by atoms with Gasteiger partial charge in [-0.2, -0.15) is 0 Å². The lowest BCUT2D eigenvalue weighted by Gasteiger charge is -2.12. The molecule has 19 heavy (non-hydrogen) atoms. The Labute approximate surface area is 119 Å². The highest BCUT2D eigenvalue weighted by Gasteiger charge is 2.21. The first kappa shape index (κ1) is 13.2. The van der Waals surface area contributed by atoms with E-state index in [0.717, 1.165) is 23.9 Å². The topological polar surface area (TPSA) is 34.1 Å². The van der Waals surface area contributed by atoms with Gasteiger partial charge in [-0.3, -0.25) is 0 Å². The van der Waals surface area contributed by atoms with Crippen LogP contribution in [0.15, 0.2) is 12.1 Å². The van der Waals surface area contributed by atoms with Crippen LogP contribution in [0.25, 0.3) is 0 Å². The van der Waals surface area contributed by atoms with Crippen molar-refractivity contribution in [3.05, 3.63) is 22.8 Å². The summed E-state index contributed by atoms with van der Waals surface area (Å²) >= 11 is 6.17. The van der Waals surface area contributed by atoms with Crippen LogP contribution in [0.5, 0.6) is 5.88 Å². The zero-order valence-electron chi connectivity index (χ0n) is 11.2. The summed E-state index contributed by atoms with van der Waals surface area (Å²) in [4.78, 5) is 4.52. The standard InChI is InChI=1S/C15H21ClN2O/c16-13-7-8-15(19-10-11-3-1-2-4-11)18-14(13)9-17-12-5-6-12/h7-8,11-12,17H,1-6,9-10H2. The van der Waals surface area contributed by atoms with Crippen LogP contribution >= 0.6 is 11.6 Å². The van der Waals surface area contributed by atoms with Crippen molar-refractivity contribution >= 4 is 11.6 Å². The molecule has 0 saturated heterocycles. The number of rotatable bonds is 6. The maximum Gasteiger partial charge on any atom is 0.213 e. The molecule has 0 amide bonds. The molecule has 3 rings (SSSR count). The van der Waals surface area contributed by atoms with Gasteiger partial charge in [-0.05, 0) is 37.7 Å². The first-order valence-corrected chi connectivity index (χ1v) is 7.70. The lowest BCUT2D eigenvalue weighted by molar-refractivity contribution is 0.243. The van der Waals surface area contributed by atoms with Gasteiger partial charge < -0.3 is 10.1 Å². The molecule has 0 unspecified atom stereocenters. The Morgan fingerprint density at radius 2 is 2.00 bits per heavy atom. The molecule has 0 atom stereocenters. The fraction of sp³-hybridized carbons (Fsp3) is 0.667. The molecule has 0 spiro atoms. The molecule has 0 aliphatic heterocycles. The van der Waals surface area contributed by atoms with Crippen molar-refractivity contribution in [3.8, 4) is 5.88 Å². The highest BCUT2D eigenvalue weighted by Crippen LogP contribution is 2.26. The van der Waals surface area contributed by atoms with Crippen LogP contribution in [-0.2, 0) is 6.54 Å². The highest BCUT2D eigenvalue weighted by atomic mass is 35.5. The van der Waals surface area contributed by atoms with E-state index in [2.05, 4.69) is 10.3 Å². The Bertz CT molecular complexity index is 428. The van der Waals surface area contributed by atoms with Crippen LogP contribution in [0.1, 0.15) is 44.2 Å². The summed E-state index contributed by atoms with van der Waals surface area (Å²) < 4.78 is 5.81. The zero-order chi connectivity index (χ0) is 13.1. The Kier molecular flexibility index (Phi) is 4.24. The predicted molar refractivity (Wildman–Crippen MR) is 76.6 cm³/mol. The number of hydrogen-bond donors (Lipinski definition) is 1. The normalized spacial score (nSPS) is 19.8. The number of halogens is 1. The summed E-state index contributed by atoms with van der Waals surface area (Å²) in [7, 11) is 0. The molecule has 0 aromatic carbocycles. The van der Waals surface area contributed by atoms with E-state index in [1.54, 1.807) is 0 Å². The van der Waals surface area contributed by atoms with E-state index < -0.39 is 0 Å². The summed E-state index contributed by atoms with van der Waals surface area (Å²) in [6, 6.07) is 4.43. The number of aromatic nitrogens is 1. The molecular formula is C15H21ClN2O. The Morgan fingerprint density at radius 1 is 1.21 bits per heavy atom. The van der Waals surface area contributed by atoms with Crippen molar-refractivity contribution < 1.29 is 4.74 Å². The summed E-state index contributed by atoms with van der Waals surface area (Å²) in [5, 5.41) is 4.16. The maximum atomic E-state index is 6.17. The minimum Gasteiger partial charge on any atom is -0.477 e. The molecule has 2 aliphatic rings. The van der Waals surface area contributed by atoms with Crippen molar-refractivity contribution in [2.75, 3.05) is 6.61 Å². The van der Waals surface area contributed by atoms with Crippen molar-refractivity contribution in [2.45, 2.75) is 51.1 Å². The lowest BCUT2D eigenvalue weighted by atomic mass is 10.1. The summed E-state index contributed by atoms with van der Waals surface area (Å²) in [5.74, 6) is 1.43. The molecule has 0 radical (unpaired) electrons. The zero-order valence-corrected chi connectivity index (χ0v) is 12.0. The molecule has 2 saturated carbocycles. The highest BCUT2D eigenvalue weighted by molar-refractivity contribution is 6.31. The van der Waals surface area contributed by atoms with Crippen LogP contribution < -0.4 is 10.1 Å². The van der Waals surface area contributed by atoms with E-state index in [1.165, 1.54) is 38.5 Å². The van der Waals surface area contributed by atoms with Crippen molar-refractivity contribution in [1.82, 2.24) is 10.3 Å². The van der Waals surface area contributed by atoms with Gasteiger partial charge in [0.2, 0.25) is 5.88 Å². The van der Waals surface area contributed by atoms with Gasteiger partial charge in [0.05, 0.1) is 17.3 Å². The van der Waals surface area contributed by atoms with Gasteiger partial charge in [0, 0.05) is 18.7 Å². The van der Waals surface area contributed by atoms with E-state index in [4.69, 9.17) is 16.3 Å². The average Bonchev–Trinajstić information content (AvgIpc) is 3.10. The van der Waals surface area contributed by atoms with Gasteiger partial charge in [-0.25, -0.2) is 4.98 Å². The quantitative estimate of drug-likeness (QED) is 0.865. The predicted octanol–water partition coefficient (Wildman–Crippen LogP) is 3.56. The second-order valence-corrected chi connectivity index (χ2v) is 6.10. The fourth-order valence-electron chi connectivity index (χ4n) is 2.58. The van der Waals surface area contributed by atoms with Crippen LogP contribution in [0.4, 0.5) is 0 Å². The molecule has 1 heterocycles. The third-order valence-electron chi connectivity index (χ3n) is 3.97. The summed E-state index contributed by atoms with van der Waals surface area (Å²) in [6.45, 7) is 1.54. The van der Waals surface area contributed by atoms with Crippen molar-refractivity contribution in [1.29, 1.82) is 0 Å². The second-order valence-electron chi connectivity index (χ2n) is 5.69. The van der Waals surface area contributed by atoms with Crippen molar-refractivity contribution in [2.24, 2.45) is 5.92 Å². The second kappa shape index (κ2) is 6.10. The third kappa shape index (κ3) is 3.83. The minimum absolute atomic E-state index is 0.668. The number of hydrogen-bond acceptors (Lipinski definition) is 3. The van der Waals surface area contributed by atoms with Crippen molar-refractivity contribution in [3.63, 3.8) is 0 Å². The van der Waals surface area contributed by atoms with E-state index in [1.807, 2.05) is 12.1 Å². The van der Waals surface area contributed by atoms with Gasteiger partial charge in [0.25, 0.3) is 0 Å². The Balaban J connectivity index is 1.55. The minimum atomic E-state index is 0.668. The Morgan fingerprint density at radius 3 is 2.74 bits per heavy atom. The molecule has 3 nitrogen and oxygen atoms in total. The number of nitrogens with one attached hydrogen (secondary N) is 1.